The highest BCUT2D eigenvalue weighted by atomic mass is 17.3. The maximum atomic E-state index is 12.0. The highest BCUT2D eigenvalue weighted by Crippen LogP contribution is 2.60. The Hall–Kier alpha value is -1.97. The van der Waals surface area contributed by atoms with Crippen LogP contribution in [0.2, 0.25) is 0 Å². The fourth-order valence-corrected chi connectivity index (χ4v) is 6.90. The molecule has 2 bridgehead atoms. The van der Waals surface area contributed by atoms with Crippen molar-refractivity contribution in [3.63, 3.8) is 0 Å². The van der Waals surface area contributed by atoms with Gasteiger partial charge in [0, 0.05) is 35.3 Å². The quantitative estimate of drug-likeness (QED) is 0.322. The fraction of sp³-hybridized carbons (Fsp3) is 0.679. The van der Waals surface area contributed by atoms with Crippen LogP contribution in [0.3, 0.4) is 0 Å². The van der Waals surface area contributed by atoms with Crippen molar-refractivity contribution in [3.8, 4) is 5.75 Å². The smallest absolute Gasteiger partial charge is 0.339 e. The molecule has 5 aliphatic rings. The largest absolute Gasteiger partial charge is 0.491 e. The van der Waals surface area contributed by atoms with Crippen LogP contribution in [0.4, 0.5) is 0 Å². The molecular weight excluding hydrogens is 464 g/mol. The Morgan fingerprint density at radius 3 is 2.69 bits per heavy atom. The van der Waals surface area contributed by atoms with Gasteiger partial charge in [-0.15, -0.1) is 0 Å². The van der Waals surface area contributed by atoms with Gasteiger partial charge in [0.25, 0.3) is 0 Å². The molecule has 196 valence electrons. The van der Waals surface area contributed by atoms with Gasteiger partial charge < -0.3 is 23.4 Å². The SMILES string of the molecule is Cc1c(C)c2ccc(OCCO[C@H]3O[C@@H]4O[C@@]5(C)CC[C@H]6[C@H](C)CC[C@@H]([C@H]3C)[C@@]46OO5)cc2oc1=O. The number of rotatable bonds is 5. The molecule has 5 heterocycles. The molecule has 1 aromatic carbocycles. The van der Waals surface area contributed by atoms with Crippen molar-refractivity contribution >= 4 is 11.0 Å². The van der Waals surface area contributed by atoms with E-state index in [4.69, 9.17) is 33.1 Å². The summed E-state index contributed by atoms with van der Waals surface area (Å²) in [6.45, 7) is 10.8. The minimum atomic E-state index is -0.798. The summed E-state index contributed by atoms with van der Waals surface area (Å²) < 4.78 is 30.4. The third-order valence-corrected chi connectivity index (χ3v) is 9.16. The van der Waals surface area contributed by atoms with Crippen LogP contribution in [0.15, 0.2) is 27.4 Å². The second-order valence-electron chi connectivity index (χ2n) is 11.3. The van der Waals surface area contributed by atoms with Crippen molar-refractivity contribution in [2.45, 2.75) is 84.3 Å². The van der Waals surface area contributed by atoms with Crippen LogP contribution in [-0.2, 0) is 24.0 Å². The van der Waals surface area contributed by atoms with Gasteiger partial charge in [0.05, 0.1) is 6.61 Å². The molecule has 8 atom stereocenters. The van der Waals surface area contributed by atoms with E-state index in [9.17, 15) is 4.79 Å². The lowest BCUT2D eigenvalue weighted by atomic mass is 9.58. The average molecular weight is 501 g/mol. The first-order chi connectivity index (χ1) is 17.2. The maximum Gasteiger partial charge on any atom is 0.339 e. The summed E-state index contributed by atoms with van der Waals surface area (Å²) in [5, 5.41) is 0.909. The zero-order valence-electron chi connectivity index (χ0n) is 21.7. The highest BCUT2D eigenvalue weighted by molar-refractivity contribution is 5.82. The molecule has 1 saturated carbocycles. The average Bonchev–Trinajstić information content (AvgIpc) is 3.09. The minimum absolute atomic E-state index is 0.118. The Bertz CT molecular complexity index is 1210. The number of hydrogen-bond donors (Lipinski definition) is 0. The Kier molecular flexibility index (Phi) is 5.96. The third-order valence-electron chi connectivity index (χ3n) is 9.16. The molecule has 0 radical (unpaired) electrons. The van der Waals surface area contributed by atoms with Crippen LogP contribution in [0.5, 0.6) is 5.75 Å². The molecule has 1 aromatic heterocycles. The van der Waals surface area contributed by atoms with Crippen molar-refractivity contribution in [2.24, 2.45) is 23.7 Å². The van der Waals surface area contributed by atoms with Crippen LogP contribution >= 0.6 is 0 Å². The second kappa shape index (κ2) is 8.81. The third kappa shape index (κ3) is 3.72. The van der Waals surface area contributed by atoms with Gasteiger partial charge in [0.2, 0.25) is 5.79 Å². The van der Waals surface area contributed by atoms with Crippen molar-refractivity contribution in [1.29, 1.82) is 0 Å². The summed E-state index contributed by atoms with van der Waals surface area (Å²) in [6.07, 6.45) is 3.03. The van der Waals surface area contributed by atoms with E-state index < -0.39 is 24.0 Å². The summed E-state index contributed by atoms with van der Waals surface area (Å²) in [5.74, 6) is 1.03. The van der Waals surface area contributed by atoms with Crippen molar-refractivity contribution in [2.75, 3.05) is 13.2 Å². The normalized spacial score (nSPS) is 39.6. The summed E-state index contributed by atoms with van der Waals surface area (Å²) in [5.41, 5.74) is 1.17. The van der Waals surface area contributed by atoms with Gasteiger partial charge in [-0.2, -0.15) is 0 Å². The molecule has 1 aliphatic carbocycles. The lowest BCUT2D eigenvalue weighted by Gasteiger charge is -2.60. The topological polar surface area (TPSA) is 85.6 Å². The fourth-order valence-electron chi connectivity index (χ4n) is 6.90. The predicted octanol–water partition coefficient (Wildman–Crippen LogP) is 5.01. The van der Waals surface area contributed by atoms with Crippen LogP contribution in [0, 0.1) is 37.5 Å². The summed E-state index contributed by atoms with van der Waals surface area (Å²) in [6, 6.07) is 5.56. The zero-order valence-corrected chi connectivity index (χ0v) is 21.7. The van der Waals surface area contributed by atoms with E-state index in [2.05, 4.69) is 13.8 Å². The number of aryl methyl sites for hydroxylation is 1. The Labute approximate surface area is 211 Å². The molecular formula is C28H36O8. The van der Waals surface area contributed by atoms with Crippen LogP contribution in [0.25, 0.3) is 11.0 Å². The molecule has 5 fully saturated rings. The minimum Gasteiger partial charge on any atom is -0.491 e. The van der Waals surface area contributed by atoms with E-state index in [-0.39, 0.29) is 17.5 Å². The highest BCUT2D eigenvalue weighted by Gasteiger charge is 2.69. The van der Waals surface area contributed by atoms with Gasteiger partial charge in [0.1, 0.15) is 17.9 Å². The van der Waals surface area contributed by atoms with Gasteiger partial charge in [-0.3, -0.25) is 0 Å². The molecule has 2 aromatic rings. The van der Waals surface area contributed by atoms with Crippen molar-refractivity contribution < 1.29 is 33.1 Å². The summed E-state index contributed by atoms with van der Waals surface area (Å²) in [7, 11) is 0. The predicted molar refractivity (Wildman–Crippen MR) is 130 cm³/mol. The summed E-state index contributed by atoms with van der Waals surface area (Å²) in [4.78, 5) is 24.1. The summed E-state index contributed by atoms with van der Waals surface area (Å²) >= 11 is 0. The Morgan fingerprint density at radius 1 is 1.03 bits per heavy atom. The van der Waals surface area contributed by atoms with Gasteiger partial charge in [-0.1, -0.05) is 13.8 Å². The first-order valence-electron chi connectivity index (χ1n) is 13.2. The molecule has 36 heavy (non-hydrogen) atoms. The Morgan fingerprint density at radius 2 is 1.86 bits per heavy atom. The first kappa shape index (κ1) is 24.4. The number of benzene rings is 1. The molecule has 0 N–H and O–H groups in total. The lowest BCUT2D eigenvalue weighted by molar-refractivity contribution is -0.577. The number of hydrogen-bond acceptors (Lipinski definition) is 8. The van der Waals surface area contributed by atoms with Crippen LogP contribution in [0.1, 0.15) is 57.6 Å². The van der Waals surface area contributed by atoms with E-state index >= 15 is 0 Å². The van der Waals surface area contributed by atoms with Gasteiger partial charge in [-0.25, -0.2) is 14.6 Å². The molecule has 1 spiro atoms. The maximum absolute atomic E-state index is 12.0. The Balaban J connectivity index is 1.13. The van der Waals surface area contributed by atoms with E-state index in [0.717, 1.165) is 36.6 Å². The van der Waals surface area contributed by atoms with Gasteiger partial charge >= 0.3 is 5.63 Å². The van der Waals surface area contributed by atoms with E-state index in [0.29, 0.717) is 41.9 Å². The number of fused-ring (bicyclic) bond motifs is 3. The molecule has 0 unspecified atom stereocenters. The van der Waals surface area contributed by atoms with Crippen LogP contribution < -0.4 is 10.4 Å². The molecule has 8 nitrogen and oxygen atoms in total. The van der Waals surface area contributed by atoms with E-state index in [1.54, 1.807) is 13.0 Å². The molecule has 8 heteroatoms. The van der Waals surface area contributed by atoms with Crippen molar-refractivity contribution in [3.05, 3.63) is 39.7 Å². The zero-order chi connectivity index (χ0) is 25.2. The first-order valence-corrected chi connectivity index (χ1v) is 13.2. The van der Waals surface area contributed by atoms with Gasteiger partial charge in [0.15, 0.2) is 18.2 Å². The van der Waals surface area contributed by atoms with Crippen LogP contribution in [-0.4, -0.2) is 37.2 Å². The second-order valence-corrected chi connectivity index (χ2v) is 11.3. The molecule has 7 rings (SSSR count). The van der Waals surface area contributed by atoms with E-state index in [1.807, 2.05) is 26.0 Å². The standard InChI is InChI=1S/C28H36O8/c1-15-6-9-22-18(4)25(33-26-28(22)21(15)10-11-27(5,34-26)35-36-28)31-13-12-30-19-7-8-20-16(2)17(3)24(29)32-23(20)14-19/h7-8,14-15,18,21-22,25-26H,6,9-13H2,1-5H3/t15-,18-,21+,22+,25+,26-,27-,28-/m1/s1. The number of ether oxygens (including phenoxy) is 4. The molecule has 0 amide bonds. The van der Waals surface area contributed by atoms with Gasteiger partial charge in [-0.05, 0) is 69.6 Å². The molecule has 4 saturated heterocycles. The van der Waals surface area contributed by atoms with Crippen molar-refractivity contribution in [1.82, 2.24) is 0 Å². The molecule has 4 aliphatic heterocycles. The lowest BCUT2D eigenvalue weighted by Crippen LogP contribution is -2.70. The monoisotopic (exact) mass is 500 g/mol. The van der Waals surface area contributed by atoms with E-state index in [1.165, 1.54) is 0 Å².